The Morgan fingerprint density at radius 1 is 0.955 bits per heavy atom. The molecule has 0 amide bonds. The molecule has 2 bridgehead atoms. The number of ketones is 2. The summed E-state index contributed by atoms with van der Waals surface area (Å²) >= 11 is 0. The Balaban J connectivity index is 2.21. The zero-order valence-electron chi connectivity index (χ0n) is 27.8. The van der Waals surface area contributed by atoms with Crippen molar-refractivity contribution in [1.82, 2.24) is 0 Å². The van der Waals surface area contributed by atoms with Crippen LogP contribution in [0.15, 0.2) is 68.4 Å². The summed E-state index contributed by atoms with van der Waals surface area (Å²) in [6.07, 6.45) is 8.39. The minimum atomic E-state index is -1.45. The van der Waals surface area contributed by atoms with E-state index in [9.17, 15) is 19.8 Å². The molecular weight excluding hydrogens is 552 g/mol. The molecule has 0 spiro atoms. The highest BCUT2D eigenvalue weighted by atomic mass is 16.3. The first-order chi connectivity index (χ1) is 20.4. The molecule has 2 aliphatic carbocycles. The Kier molecular flexibility index (Phi) is 8.82. The molecule has 6 heteroatoms. The van der Waals surface area contributed by atoms with Crippen molar-refractivity contribution in [1.29, 1.82) is 0 Å². The van der Waals surface area contributed by atoms with Crippen LogP contribution in [0.1, 0.15) is 111 Å². The van der Waals surface area contributed by atoms with E-state index in [4.69, 9.17) is 4.42 Å². The first-order valence-corrected chi connectivity index (χ1v) is 15.6. The monoisotopic (exact) mass is 600 g/mol. The van der Waals surface area contributed by atoms with Crippen LogP contribution >= 0.6 is 0 Å². The Morgan fingerprint density at radius 3 is 2.11 bits per heavy atom. The molecule has 6 nitrogen and oxygen atoms in total. The fourth-order valence-electron chi connectivity index (χ4n) is 7.43. The maximum Gasteiger partial charge on any atom is 0.204 e. The molecule has 0 saturated heterocycles. The maximum atomic E-state index is 15.4. The van der Waals surface area contributed by atoms with Crippen LogP contribution in [0.4, 0.5) is 0 Å². The van der Waals surface area contributed by atoms with Gasteiger partial charge in [-0.05, 0) is 104 Å². The zero-order chi connectivity index (χ0) is 32.9. The molecule has 1 heterocycles. The van der Waals surface area contributed by atoms with Gasteiger partial charge in [0.15, 0.2) is 23.1 Å². The first-order valence-electron chi connectivity index (χ1n) is 15.6. The van der Waals surface area contributed by atoms with Crippen molar-refractivity contribution in [2.45, 2.75) is 99.8 Å². The van der Waals surface area contributed by atoms with Gasteiger partial charge in [-0.25, -0.2) is 0 Å². The van der Waals surface area contributed by atoms with Gasteiger partial charge in [0.05, 0.1) is 16.2 Å². The SMILES string of the molecule is C=C(C)[C@@H](CC=C(C)C)C[C@]12C(=O)[C@](CC=C(C)C)(C[C@@H](CC=C(C)C)C1(C)C)C(=O)c1c2oc2cc(O)c(O)cc2c1=O. The van der Waals surface area contributed by atoms with Gasteiger partial charge in [-0.3, -0.25) is 14.4 Å². The highest BCUT2D eigenvalue weighted by Crippen LogP contribution is 2.66. The number of Topliss-reactive ketones (excluding diaryl/α,β-unsaturated/α-hetero) is 2. The predicted molar refractivity (Wildman–Crippen MR) is 176 cm³/mol. The lowest BCUT2D eigenvalue weighted by Crippen LogP contribution is -2.68. The molecule has 1 aromatic heterocycles. The summed E-state index contributed by atoms with van der Waals surface area (Å²) in [4.78, 5) is 44.5. The number of hydrogen-bond acceptors (Lipinski definition) is 6. The van der Waals surface area contributed by atoms with Crippen molar-refractivity contribution in [2.75, 3.05) is 0 Å². The van der Waals surface area contributed by atoms with Gasteiger partial charge in [0.2, 0.25) is 5.43 Å². The molecule has 0 radical (unpaired) electrons. The van der Waals surface area contributed by atoms with E-state index in [1.165, 1.54) is 6.07 Å². The van der Waals surface area contributed by atoms with Crippen LogP contribution in [-0.2, 0) is 10.2 Å². The number of aromatic hydroxyl groups is 2. The van der Waals surface area contributed by atoms with E-state index >= 15 is 4.79 Å². The van der Waals surface area contributed by atoms with Crippen LogP contribution in [0.25, 0.3) is 11.0 Å². The molecule has 44 heavy (non-hydrogen) atoms. The van der Waals surface area contributed by atoms with E-state index in [0.29, 0.717) is 25.7 Å². The fraction of sp³-hybridized carbons (Fsp3) is 0.500. The molecule has 2 aliphatic rings. The minimum absolute atomic E-state index is 0.00720. The lowest BCUT2D eigenvalue weighted by atomic mass is 9.39. The van der Waals surface area contributed by atoms with Crippen molar-refractivity contribution >= 4 is 22.5 Å². The lowest BCUT2D eigenvalue weighted by Gasteiger charge is -2.61. The molecule has 2 N–H and O–H groups in total. The van der Waals surface area contributed by atoms with Crippen LogP contribution in [-0.4, -0.2) is 21.8 Å². The topological polar surface area (TPSA) is 105 Å². The zero-order valence-corrected chi connectivity index (χ0v) is 27.8. The van der Waals surface area contributed by atoms with Crippen LogP contribution in [0.2, 0.25) is 0 Å². The summed E-state index contributed by atoms with van der Waals surface area (Å²) < 4.78 is 6.53. The van der Waals surface area contributed by atoms with E-state index in [0.717, 1.165) is 28.4 Å². The van der Waals surface area contributed by atoms with Gasteiger partial charge >= 0.3 is 0 Å². The third-order valence-corrected chi connectivity index (χ3v) is 10.3. The van der Waals surface area contributed by atoms with Crippen LogP contribution in [0, 0.1) is 22.7 Å². The number of rotatable bonds is 9. The normalized spacial score (nSPS) is 24.3. The molecule has 2 aromatic rings. The standard InChI is InChI=1S/C38H48O6/c1-21(2)11-13-25(24(7)8)19-38-34-31(32(41)27-17-28(39)29(40)18-30(27)44-34)33(42)37(35(38)43,16-15-23(5)6)20-26(36(38,9)10)14-12-22(3)4/h11-12,15,17-18,25-26,39-40H,7,13-14,16,19-20H2,1-6,8-10H3/t25-,26+,37+,38-/m0/s1. The number of fused-ring (bicyclic) bond motifs is 5. The van der Waals surface area contributed by atoms with Gasteiger partial charge in [0.25, 0.3) is 0 Å². The molecular formula is C38H48O6. The second-order valence-electron chi connectivity index (χ2n) is 14.5. The second-order valence-corrected chi connectivity index (χ2v) is 14.5. The molecule has 1 fully saturated rings. The summed E-state index contributed by atoms with van der Waals surface area (Å²) in [5.41, 5.74) is -0.00701. The number of hydrogen-bond donors (Lipinski definition) is 2. The van der Waals surface area contributed by atoms with Crippen LogP contribution in [0.3, 0.4) is 0 Å². The molecule has 4 atom stereocenters. The summed E-state index contributed by atoms with van der Waals surface area (Å²) in [6, 6.07) is 2.33. The number of carbonyl (C=O) groups excluding carboxylic acids is 2. The summed E-state index contributed by atoms with van der Waals surface area (Å²) in [5.74, 6) is -1.78. The number of benzene rings is 1. The smallest absolute Gasteiger partial charge is 0.204 e. The second kappa shape index (κ2) is 11.7. The van der Waals surface area contributed by atoms with Gasteiger partial charge < -0.3 is 14.6 Å². The van der Waals surface area contributed by atoms with E-state index in [-0.39, 0.29) is 46.3 Å². The van der Waals surface area contributed by atoms with Crippen molar-refractivity contribution in [3.8, 4) is 11.5 Å². The Hall–Kier alpha value is -3.67. The third kappa shape index (κ3) is 5.20. The summed E-state index contributed by atoms with van der Waals surface area (Å²) in [6.45, 7) is 22.5. The van der Waals surface area contributed by atoms with Gasteiger partial charge in [0, 0.05) is 6.07 Å². The van der Waals surface area contributed by atoms with Gasteiger partial charge in [-0.1, -0.05) is 60.9 Å². The number of carbonyl (C=O) groups is 2. The molecule has 1 saturated carbocycles. The molecule has 4 rings (SSSR count). The average molecular weight is 601 g/mol. The largest absolute Gasteiger partial charge is 0.504 e. The summed E-state index contributed by atoms with van der Waals surface area (Å²) in [5, 5.41) is 20.6. The Bertz CT molecular complexity index is 1680. The van der Waals surface area contributed by atoms with E-state index in [1.54, 1.807) is 0 Å². The van der Waals surface area contributed by atoms with E-state index in [2.05, 4.69) is 32.6 Å². The van der Waals surface area contributed by atoms with Crippen LogP contribution < -0.4 is 5.43 Å². The van der Waals surface area contributed by atoms with Gasteiger partial charge in [0.1, 0.15) is 16.9 Å². The average Bonchev–Trinajstić information content (AvgIpc) is 2.91. The predicted octanol–water partition coefficient (Wildman–Crippen LogP) is 8.89. The molecule has 1 aromatic carbocycles. The lowest BCUT2D eigenvalue weighted by molar-refractivity contribution is -0.153. The number of phenols is 2. The molecule has 236 valence electrons. The third-order valence-electron chi connectivity index (χ3n) is 10.3. The van der Waals surface area contributed by atoms with E-state index < -0.39 is 39.0 Å². The minimum Gasteiger partial charge on any atom is -0.504 e. The highest BCUT2D eigenvalue weighted by Gasteiger charge is 2.72. The quantitative estimate of drug-likeness (QED) is 0.169. The highest BCUT2D eigenvalue weighted by molar-refractivity contribution is 6.23. The van der Waals surface area contributed by atoms with Crippen molar-refractivity contribution < 1.29 is 24.2 Å². The Labute approximate surface area is 261 Å². The maximum absolute atomic E-state index is 15.4. The Morgan fingerprint density at radius 2 is 1.55 bits per heavy atom. The fourth-order valence-corrected chi connectivity index (χ4v) is 7.43. The molecule has 0 unspecified atom stereocenters. The van der Waals surface area contributed by atoms with Crippen molar-refractivity contribution in [3.05, 3.63) is 80.8 Å². The summed E-state index contributed by atoms with van der Waals surface area (Å²) in [7, 11) is 0. The van der Waals surface area contributed by atoms with Gasteiger partial charge in [-0.2, -0.15) is 0 Å². The van der Waals surface area contributed by atoms with Crippen molar-refractivity contribution in [3.63, 3.8) is 0 Å². The number of allylic oxidation sites excluding steroid dienone is 7. The first kappa shape index (κ1) is 33.2. The number of phenolic OH excluding ortho intramolecular Hbond substituents is 2. The van der Waals surface area contributed by atoms with E-state index in [1.807, 2.05) is 54.5 Å². The van der Waals surface area contributed by atoms with Crippen LogP contribution in [0.5, 0.6) is 11.5 Å². The molecule has 0 aliphatic heterocycles. The van der Waals surface area contributed by atoms with Gasteiger partial charge in [-0.15, -0.1) is 0 Å². The van der Waals surface area contributed by atoms with Crippen molar-refractivity contribution in [2.24, 2.45) is 22.7 Å².